The van der Waals surface area contributed by atoms with Crippen LogP contribution in [-0.2, 0) is 0 Å². The lowest BCUT2D eigenvalue weighted by atomic mass is 10.3. The lowest BCUT2D eigenvalue weighted by Crippen LogP contribution is -2.24. The summed E-state index contributed by atoms with van der Waals surface area (Å²) in [5.41, 5.74) is 0.818. The van der Waals surface area contributed by atoms with Gasteiger partial charge in [0.2, 0.25) is 5.95 Å². The first-order valence-electron chi connectivity index (χ1n) is 5.18. The minimum atomic E-state index is -0.837. The number of aliphatic hydroxyl groups excluding tert-OH is 2. The first-order chi connectivity index (χ1) is 8.31. The van der Waals surface area contributed by atoms with E-state index < -0.39 is 6.10 Å². The molecule has 0 bridgehead atoms. The van der Waals surface area contributed by atoms with Gasteiger partial charge in [-0.3, -0.25) is 0 Å². The zero-order valence-corrected chi connectivity index (χ0v) is 9.06. The maximum absolute atomic E-state index is 9.23. The predicted molar refractivity (Wildman–Crippen MR) is 60.7 cm³/mol. The van der Waals surface area contributed by atoms with Crippen molar-refractivity contribution in [1.29, 1.82) is 0 Å². The van der Waals surface area contributed by atoms with Gasteiger partial charge in [-0.15, -0.1) is 0 Å². The Morgan fingerprint density at radius 2 is 2.06 bits per heavy atom. The van der Waals surface area contributed by atoms with Gasteiger partial charge in [0.25, 0.3) is 0 Å². The van der Waals surface area contributed by atoms with Crippen molar-refractivity contribution in [3.63, 3.8) is 0 Å². The minimum Gasteiger partial charge on any atom is -0.394 e. The van der Waals surface area contributed by atoms with Gasteiger partial charge in [0.05, 0.1) is 18.4 Å². The number of aromatic nitrogens is 4. The molecule has 1 aromatic carbocycles. The Bertz CT molecular complexity index is 459. The Balaban J connectivity index is 2.12. The summed E-state index contributed by atoms with van der Waals surface area (Å²) in [7, 11) is 0. The molecule has 2 rings (SSSR count). The number of para-hydroxylation sites is 1. The van der Waals surface area contributed by atoms with Crippen LogP contribution in [0.4, 0.5) is 5.95 Å². The van der Waals surface area contributed by atoms with Crippen LogP contribution in [0.5, 0.6) is 0 Å². The smallest absolute Gasteiger partial charge is 0.247 e. The summed E-state index contributed by atoms with van der Waals surface area (Å²) in [5, 5.41) is 32.0. The molecule has 1 aromatic heterocycles. The number of hydrogen-bond acceptors (Lipinski definition) is 6. The molecule has 0 spiro atoms. The molecule has 3 N–H and O–H groups in total. The normalized spacial score (nSPS) is 12.4. The van der Waals surface area contributed by atoms with Crippen LogP contribution in [0.3, 0.4) is 0 Å². The Kier molecular flexibility index (Phi) is 3.63. The van der Waals surface area contributed by atoms with E-state index in [9.17, 15) is 5.11 Å². The highest BCUT2D eigenvalue weighted by molar-refractivity contribution is 5.38. The maximum Gasteiger partial charge on any atom is 0.247 e. The summed E-state index contributed by atoms with van der Waals surface area (Å²) in [6.07, 6.45) is -0.837. The van der Waals surface area contributed by atoms with Crippen LogP contribution in [0, 0.1) is 0 Å². The van der Waals surface area contributed by atoms with Gasteiger partial charge >= 0.3 is 0 Å². The third kappa shape index (κ3) is 2.77. The Labute approximate surface area is 97.7 Å². The van der Waals surface area contributed by atoms with Gasteiger partial charge in [0.1, 0.15) is 0 Å². The third-order valence-electron chi connectivity index (χ3n) is 2.18. The summed E-state index contributed by atoms with van der Waals surface area (Å²) in [4.78, 5) is 0. The van der Waals surface area contributed by atoms with E-state index in [1.54, 1.807) is 0 Å². The van der Waals surface area contributed by atoms with Crippen molar-refractivity contribution >= 4 is 5.95 Å². The van der Waals surface area contributed by atoms with E-state index in [4.69, 9.17) is 5.11 Å². The summed E-state index contributed by atoms with van der Waals surface area (Å²) in [6.45, 7) is -0.121. The minimum absolute atomic E-state index is 0.184. The average molecular weight is 235 g/mol. The fourth-order valence-electron chi connectivity index (χ4n) is 1.31. The molecule has 7 nitrogen and oxygen atoms in total. The number of aliphatic hydroxyl groups is 2. The van der Waals surface area contributed by atoms with Crippen molar-refractivity contribution < 1.29 is 10.2 Å². The van der Waals surface area contributed by atoms with Crippen molar-refractivity contribution in [2.75, 3.05) is 18.5 Å². The fourth-order valence-corrected chi connectivity index (χ4v) is 1.31. The highest BCUT2D eigenvalue weighted by atomic mass is 16.3. The van der Waals surface area contributed by atoms with Crippen molar-refractivity contribution in [2.45, 2.75) is 6.10 Å². The molecule has 1 unspecified atom stereocenters. The van der Waals surface area contributed by atoms with Gasteiger partial charge in [0.15, 0.2) is 0 Å². The van der Waals surface area contributed by atoms with Gasteiger partial charge in [-0.1, -0.05) is 23.3 Å². The van der Waals surface area contributed by atoms with Crippen LogP contribution in [0.2, 0.25) is 0 Å². The molecule has 0 radical (unpaired) electrons. The zero-order valence-electron chi connectivity index (χ0n) is 9.06. The molecule has 1 heterocycles. The summed E-state index contributed by atoms with van der Waals surface area (Å²) in [5.74, 6) is 0.420. The van der Waals surface area contributed by atoms with Crippen LogP contribution in [0.1, 0.15) is 0 Å². The second-order valence-corrected chi connectivity index (χ2v) is 3.47. The molecule has 2 aromatic rings. The quantitative estimate of drug-likeness (QED) is 0.642. The Hall–Kier alpha value is -1.99. The van der Waals surface area contributed by atoms with Crippen molar-refractivity contribution in [2.24, 2.45) is 0 Å². The molecular weight excluding hydrogens is 222 g/mol. The second-order valence-electron chi connectivity index (χ2n) is 3.47. The summed E-state index contributed by atoms with van der Waals surface area (Å²) < 4.78 is 1.52. The standard InChI is InChI=1S/C10H13N5O2/c16-7-9(17)6-11-10-12-13-14-15(10)8-4-2-1-3-5-8/h1-5,9,16-17H,6-7H2,(H,11,12,14). The van der Waals surface area contributed by atoms with Crippen molar-refractivity contribution in [1.82, 2.24) is 20.2 Å². The van der Waals surface area contributed by atoms with E-state index >= 15 is 0 Å². The number of benzene rings is 1. The van der Waals surface area contributed by atoms with Crippen LogP contribution >= 0.6 is 0 Å². The Morgan fingerprint density at radius 1 is 1.29 bits per heavy atom. The summed E-state index contributed by atoms with van der Waals surface area (Å²) >= 11 is 0. The van der Waals surface area contributed by atoms with E-state index in [-0.39, 0.29) is 13.2 Å². The lowest BCUT2D eigenvalue weighted by Gasteiger charge is -2.09. The number of hydrogen-bond donors (Lipinski definition) is 3. The second kappa shape index (κ2) is 5.37. The molecule has 0 saturated heterocycles. The Morgan fingerprint density at radius 3 is 2.76 bits per heavy atom. The van der Waals surface area contributed by atoms with Crippen LogP contribution in [-0.4, -0.2) is 49.7 Å². The van der Waals surface area contributed by atoms with Crippen molar-refractivity contribution in [3.8, 4) is 5.69 Å². The first kappa shape index (κ1) is 11.5. The lowest BCUT2D eigenvalue weighted by molar-refractivity contribution is 0.105. The van der Waals surface area contributed by atoms with Crippen LogP contribution < -0.4 is 5.32 Å². The number of tetrazole rings is 1. The molecule has 7 heteroatoms. The number of nitrogens with zero attached hydrogens (tertiary/aromatic N) is 4. The average Bonchev–Trinajstić information content (AvgIpc) is 2.85. The molecule has 0 aliphatic rings. The van der Waals surface area contributed by atoms with Gasteiger partial charge in [-0.25, -0.2) is 0 Å². The van der Waals surface area contributed by atoms with Crippen molar-refractivity contribution in [3.05, 3.63) is 30.3 Å². The highest BCUT2D eigenvalue weighted by Gasteiger charge is 2.09. The molecular formula is C10H13N5O2. The third-order valence-corrected chi connectivity index (χ3v) is 2.18. The largest absolute Gasteiger partial charge is 0.394 e. The molecule has 17 heavy (non-hydrogen) atoms. The number of rotatable bonds is 5. The number of nitrogens with one attached hydrogen (secondary N) is 1. The molecule has 0 aliphatic heterocycles. The van der Waals surface area contributed by atoms with Gasteiger partial charge in [-0.05, 0) is 22.6 Å². The predicted octanol–water partition coefficient (Wildman–Crippen LogP) is -0.573. The van der Waals surface area contributed by atoms with Crippen LogP contribution in [0.25, 0.3) is 5.69 Å². The monoisotopic (exact) mass is 235 g/mol. The topological polar surface area (TPSA) is 96.1 Å². The highest BCUT2D eigenvalue weighted by Crippen LogP contribution is 2.10. The van der Waals surface area contributed by atoms with E-state index in [2.05, 4.69) is 20.8 Å². The van der Waals surface area contributed by atoms with Gasteiger partial charge in [0, 0.05) is 6.54 Å². The van der Waals surface area contributed by atoms with E-state index in [1.807, 2.05) is 30.3 Å². The molecule has 0 amide bonds. The van der Waals surface area contributed by atoms with Gasteiger partial charge in [-0.2, -0.15) is 4.68 Å². The zero-order chi connectivity index (χ0) is 12.1. The molecule has 90 valence electrons. The van der Waals surface area contributed by atoms with E-state index in [1.165, 1.54) is 4.68 Å². The van der Waals surface area contributed by atoms with Crippen LogP contribution in [0.15, 0.2) is 30.3 Å². The number of anilines is 1. The maximum atomic E-state index is 9.23. The fraction of sp³-hybridized carbons (Fsp3) is 0.300. The molecule has 0 saturated carbocycles. The van der Waals surface area contributed by atoms with Gasteiger partial charge < -0.3 is 15.5 Å². The summed E-state index contributed by atoms with van der Waals surface area (Å²) in [6, 6.07) is 9.39. The van der Waals surface area contributed by atoms with E-state index in [0.717, 1.165) is 5.69 Å². The molecule has 0 aliphatic carbocycles. The molecule has 0 fully saturated rings. The van der Waals surface area contributed by atoms with E-state index in [0.29, 0.717) is 5.95 Å². The SMILES string of the molecule is OCC(O)CNc1nnnn1-c1ccccc1. The first-order valence-corrected chi connectivity index (χ1v) is 5.18. The molecule has 1 atom stereocenters.